The zero-order chi connectivity index (χ0) is 24.5. The molecule has 3 aromatic rings. The van der Waals surface area contributed by atoms with Crippen LogP contribution in [0, 0.1) is 5.92 Å². The van der Waals surface area contributed by atoms with Gasteiger partial charge >= 0.3 is 0 Å². The maximum absolute atomic E-state index is 11.1. The fraction of sp³-hybridized carbons (Fsp3) is 0.406. The SMILES string of the molecule is O=C[C@@H]1CCC2(CCN(c3ccc([C@@H]4c5ccc(O)cc5CC[C@@H]4c4ccccc4)cc3)CC2)OC1. The number of rotatable bonds is 4. The van der Waals surface area contributed by atoms with Gasteiger partial charge in [-0.2, -0.15) is 0 Å². The van der Waals surface area contributed by atoms with Crippen LogP contribution in [-0.4, -0.2) is 36.7 Å². The molecule has 186 valence electrons. The maximum Gasteiger partial charge on any atom is 0.125 e. The van der Waals surface area contributed by atoms with E-state index in [1.165, 1.54) is 27.9 Å². The molecule has 3 aliphatic rings. The maximum atomic E-state index is 11.1. The van der Waals surface area contributed by atoms with E-state index in [0.717, 1.165) is 57.9 Å². The summed E-state index contributed by atoms with van der Waals surface area (Å²) in [5.74, 6) is 1.13. The number of carbonyl (C=O) groups excluding carboxylic acids is 1. The molecule has 0 amide bonds. The van der Waals surface area contributed by atoms with E-state index in [4.69, 9.17) is 4.74 Å². The van der Waals surface area contributed by atoms with Gasteiger partial charge in [0.1, 0.15) is 12.0 Å². The van der Waals surface area contributed by atoms with Crippen LogP contribution in [0.5, 0.6) is 5.75 Å². The lowest BCUT2D eigenvalue weighted by molar-refractivity contribution is -0.132. The number of piperidine rings is 1. The van der Waals surface area contributed by atoms with Gasteiger partial charge in [0.05, 0.1) is 12.2 Å². The Bertz CT molecular complexity index is 1190. The van der Waals surface area contributed by atoms with E-state index in [1.807, 2.05) is 12.1 Å². The molecule has 4 heteroatoms. The van der Waals surface area contributed by atoms with E-state index in [-0.39, 0.29) is 17.4 Å². The van der Waals surface area contributed by atoms with Crippen LogP contribution in [0.3, 0.4) is 0 Å². The van der Waals surface area contributed by atoms with E-state index in [9.17, 15) is 9.90 Å². The van der Waals surface area contributed by atoms with Crippen molar-refractivity contribution in [3.8, 4) is 5.75 Å². The average molecular weight is 482 g/mol. The predicted molar refractivity (Wildman–Crippen MR) is 143 cm³/mol. The Hall–Kier alpha value is -3.11. The lowest BCUT2D eigenvalue weighted by atomic mass is 9.69. The van der Waals surface area contributed by atoms with Crippen molar-refractivity contribution in [1.29, 1.82) is 0 Å². The molecule has 2 fully saturated rings. The summed E-state index contributed by atoms with van der Waals surface area (Å²) in [6, 6.07) is 26.0. The molecule has 0 unspecified atom stereocenters. The van der Waals surface area contributed by atoms with Gasteiger partial charge in [-0.1, -0.05) is 48.5 Å². The molecular weight excluding hydrogens is 446 g/mol. The number of fused-ring (bicyclic) bond motifs is 1. The monoisotopic (exact) mass is 481 g/mol. The summed E-state index contributed by atoms with van der Waals surface area (Å²) in [5, 5.41) is 10.1. The molecule has 0 aromatic heterocycles. The van der Waals surface area contributed by atoms with Crippen LogP contribution >= 0.6 is 0 Å². The molecule has 2 saturated heterocycles. The third-order valence-electron chi connectivity index (χ3n) is 8.88. The summed E-state index contributed by atoms with van der Waals surface area (Å²) in [5.41, 5.74) is 6.56. The Morgan fingerprint density at radius 2 is 1.67 bits per heavy atom. The number of nitrogens with zero attached hydrogens (tertiary/aromatic N) is 1. The van der Waals surface area contributed by atoms with Crippen LogP contribution in [0.1, 0.15) is 66.2 Å². The van der Waals surface area contributed by atoms with Gasteiger partial charge in [0.15, 0.2) is 0 Å². The molecule has 2 aliphatic heterocycles. The smallest absolute Gasteiger partial charge is 0.125 e. The Balaban J connectivity index is 1.22. The minimum atomic E-state index is -0.0315. The second-order valence-corrected chi connectivity index (χ2v) is 10.9. The van der Waals surface area contributed by atoms with Crippen LogP contribution in [0.4, 0.5) is 5.69 Å². The number of hydrogen-bond acceptors (Lipinski definition) is 4. The molecule has 0 saturated carbocycles. The van der Waals surface area contributed by atoms with Gasteiger partial charge in [-0.3, -0.25) is 0 Å². The quantitative estimate of drug-likeness (QED) is 0.450. The number of carbonyl (C=O) groups is 1. The van der Waals surface area contributed by atoms with Crippen LogP contribution in [-0.2, 0) is 16.0 Å². The third kappa shape index (κ3) is 4.43. The van der Waals surface area contributed by atoms with Crippen LogP contribution in [0.25, 0.3) is 0 Å². The molecule has 0 bridgehead atoms. The van der Waals surface area contributed by atoms with Gasteiger partial charge in [0.2, 0.25) is 0 Å². The van der Waals surface area contributed by atoms with Gasteiger partial charge in [-0.15, -0.1) is 0 Å². The number of phenols is 1. The van der Waals surface area contributed by atoms with Crippen LogP contribution < -0.4 is 4.90 Å². The van der Waals surface area contributed by atoms with Crippen molar-refractivity contribution in [2.24, 2.45) is 5.92 Å². The van der Waals surface area contributed by atoms with Crippen LogP contribution in [0.2, 0.25) is 0 Å². The molecule has 2 heterocycles. The second-order valence-electron chi connectivity index (χ2n) is 10.9. The highest BCUT2D eigenvalue weighted by Crippen LogP contribution is 2.47. The molecule has 3 atom stereocenters. The number of hydrogen-bond donors (Lipinski definition) is 1. The minimum absolute atomic E-state index is 0.0315. The van der Waals surface area contributed by atoms with E-state index in [2.05, 4.69) is 65.6 Å². The Morgan fingerprint density at radius 3 is 2.36 bits per heavy atom. The van der Waals surface area contributed by atoms with Crippen molar-refractivity contribution in [2.75, 3.05) is 24.6 Å². The Morgan fingerprint density at radius 1 is 0.889 bits per heavy atom. The lowest BCUT2D eigenvalue weighted by Crippen LogP contribution is -2.49. The van der Waals surface area contributed by atoms with E-state index < -0.39 is 0 Å². The van der Waals surface area contributed by atoms with Gasteiger partial charge in [0, 0.05) is 30.6 Å². The Labute approximate surface area is 213 Å². The number of aryl methyl sites for hydroxylation is 1. The van der Waals surface area contributed by atoms with Crippen molar-refractivity contribution in [2.45, 2.75) is 56.0 Å². The zero-order valence-electron chi connectivity index (χ0n) is 20.8. The molecule has 4 nitrogen and oxygen atoms in total. The summed E-state index contributed by atoms with van der Waals surface area (Å²) < 4.78 is 6.21. The summed E-state index contributed by atoms with van der Waals surface area (Å²) in [4.78, 5) is 13.6. The molecule has 0 radical (unpaired) electrons. The van der Waals surface area contributed by atoms with Gasteiger partial charge in [0.25, 0.3) is 0 Å². The first kappa shape index (κ1) is 23.3. The van der Waals surface area contributed by atoms with E-state index in [1.54, 1.807) is 0 Å². The van der Waals surface area contributed by atoms with Gasteiger partial charge in [-0.05, 0) is 91.0 Å². The molecule has 36 heavy (non-hydrogen) atoms. The number of aromatic hydroxyl groups is 1. The average Bonchev–Trinajstić information content (AvgIpc) is 2.94. The number of benzene rings is 3. The molecular formula is C32H35NO3. The highest BCUT2D eigenvalue weighted by molar-refractivity contribution is 5.54. The Kier molecular flexibility index (Phi) is 6.30. The molecule has 1 aliphatic carbocycles. The topological polar surface area (TPSA) is 49.8 Å². The summed E-state index contributed by atoms with van der Waals surface area (Å²) in [6.07, 6.45) is 7.13. The molecule has 3 aromatic carbocycles. The molecule has 1 spiro atoms. The first-order valence-electron chi connectivity index (χ1n) is 13.4. The first-order valence-corrected chi connectivity index (χ1v) is 13.4. The number of phenolic OH excluding ortho intramolecular Hbond substituents is 1. The van der Waals surface area contributed by atoms with Crippen LogP contribution in [0.15, 0.2) is 72.8 Å². The van der Waals surface area contributed by atoms with E-state index in [0.29, 0.717) is 18.3 Å². The minimum Gasteiger partial charge on any atom is -0.508 e. The molecule has 1 N–H and O–H groups in total. The zero-order valence-corrected chi connectivity index (χ0v) is 20.8. The predicted octanol–water partition coefficient (Wildman–Crippen LogP) is 6.22. The van der Waals surface area contributed by atoms with E-state index >= 15 is 0 Å². The highest BCUT2D eigenvalue weighted by Gasteiger charge is 2.39. The third-order valence-corrected chi connectivity index (χ3v) is 8.88. The fourth-order valence-electron chi connectivity index (χ4n) is 6.73. The second kappa shape index (κ2) is 9.74. The van der Waals surface area contributed by atoms with Crippen molar-refractivity contribution < 1.29 is 14.6 Å². The first-order chi connectivity index (χ1) is 17.6. The summed E-state index contributed by atoms with van der Waals surface area (Å²) >= 11 is 0. The number of ether oxygens (including phenoxy) is 1. The number of aldehydes is 1. The van der Waals surface area contributed by atoms with Crippen molar-refractivity contribution >= 4 is 12.0 Å². The van der Waals surface area contributed by atoms with Crippen molar-refractivity contribution in [3.05, 3.63) is 95.1 Å². The van der Waals surface area contributed by atoms with Crippen molar-refractivity contribution in [3.63, 3.8) is 0 Å². The normalized spacial score (nSPS) is 25.3. The van der Waals surface area contributed by atoms with Crippen molar-refractivity contribution in [1.82, 2.24) is 0 Å². The van der Waals surface area contributed by atoms with Gasteiger partial charge < -0.3 is 19.5 Å². The fourth-order valence-corrected chi connectivity index (χ4v) is 6.73. The molecule has 6 rings (SSSR count). The van der Waals surface area contributed by atoms with Gasteiger partial charge in [-0.25, -0.2) is 0 Å². The lowest BCUT2D eigenvalue weighted by Gasteiger charge is -2.45. The largest absolute Gasteiger partial charge is 0.508 e. The standard InChI is InChI=1S/C32H35NO3/c34-21-23-14-15-32(36-22-23)16-18-33(19-17-32)27-9-6-25(7-10-27)31-29(24-4-2-1-3-5-24)12-8-26-20-28(35)11-13-30(26)31/h1-7,9-11,13,20-21,23,29,31,35H,8,12,14-19,22H2/t23-,29+,31-/m0/s1. The highest BCUT2D eigenvalue weighted by atomic mass is 16.5. The summed E-state index contributed by atoms with van der Waals surface area (Å²) in [7, 11) is 0. The summed E-state index contributed by atoms with van der Waals surface area (Å²) in [6.45, 7) is 2.56. The number of anilines is 1.